The molecule has 0 bridgehead atoms. The van der Waals surface area contributed by atoms with E-state index in [0.717, 1.165) is 5.75 Å². The van der Waals surface area contributed by atoms with E-state index in [2.05, 4.69) is 30.5 Å². The Morgan fingerprint density at radius 1 is 1.18 bits per heavy atom. The largest absolute Gasteiger partial charge is 0.326 e. The lowest BCUT2D eigenvalue weighted by molar-refractivity contribution is 1.07. The minimum absolute atomic E-state index is 0.638. The third-order valence-electron chi connectivity index (χ3n) is 1.57. The van der Waals surface area contributed by atoms with Gasteiger partial charge in [0.2, 0.25) is 0 Å². The fourth-order valence-electron chi connectivity index (χ4n) is 0.938. The van der Waals surface area contributed by atoms with Crippen LogP contribution in [0.25, 0.3) is 0 Å². The first-order valence-corrected chi connectivity index (χ1v) is 5.03. The minimum Gasteiger partial charge on any atom is -0.326 e. The molecule has 0 aromatic heterocycles. The van der Waals surface area contributed by atoms with Crippen molar-refractivity contribution >= 4 is 11.8 Å². The molecule has 2 heteroatoms. The molecule has 1 rings (SSSR count). The number of thioether (sulfide) groups is 1. The first-order valence-electron chi connectivity index (χ1n) is 3.63. The zero-order valence-corrected chi connectivity index (χ0v) is 7.53. The van der Waals surface area contributed by atoms with Gasteiger partial charge in [0.1, 0.15) is 0 Å². The molecule has 0 amide bonds. The highest BCUT2D eigenvalue weighted by Gasteiger charge is 1.90. The Labute approximate surface area is 72.0 Å². The summed E-state index contributed by atoms with van der Waals surface area (Å²) in [5.41, 5.74) is 8.04. The van der Waals surface area contributed by atoms with E-state index in [1.165, 1.54) is 11.1 Å². The van der Waals surface area contributed by atoms with Crippen LogP contribution in [0.1, 0.15) is 11.1 Å². The Balaban J connectivity index is 2.66. The summed E-state index contributed by atoms with van der Waals surface area (Å²) in [5.74, 6) is 1.09. The Hall–Kier alpha value is -0.470. The molecular weight excluding hydrogens is 154 g/mol. The Kier molecular flexibility index (Phi) is 3.46. The van der Waals surface area contributed by atoms with Crippen molar-refractivity contribution in [1.29, 1.82) is 0 Å². The van der Waals surface area contributed by atoms with Crippen LogP contribution in [0.4, 0.5) is 0 Å². The molecule has 0 aliphatic rings. The molecule has 1 aromatic rings. The third-order valence-corrected chi connectivity index (χ3v) is 2.19. The molecule has 0 saturated heterocycles. The van der Waals surface area contributed by atoms with Crippen LogP contribution in [0.15, 0.2) is 24.3 Å². The van der Waals surface area contributed by atoms with E-state index in [9.17, 15) is 0 Å². The molecule has 0 spiro atoms. The first-order chi connectivity index (χ1) is 5.36. The molecule has 1 nitrogen and oxygen atoms in total. The van der Waals surface area contributed by atoms with Crippen molar-refractivity contribution in [3.8, 4) is 0 Å². The molecule has 0 atom stereocenters. The maximum absolute atomic E-state index is 5.47. The molecule has 11 heavy (non-hydrogen) atoms. The highest BCUT2D eigenvalue weighted by Crippen LogP contribution is 2.09. The molecule has 0 unspecified atom stereocenters. The highest BCUT2D eigenvalue weighted by molar-refractivity contribution is 7.97. The van der Waals surface area contributed by atoms with Crippen LogP contribution in [-0.2, 0) is 12.3 Å². The summed E-state index contributed by atoms with van der Waals surface area (Å²) in [6.45, 7) is 0.638. The summed E-state index contributed by atoms with van der Waals surface area (Å²) in [7, 11) is 0. The second-order valence-corrected chi connectivity index (χ2v) is 3.32. The summed E-state index contributed by atoms with van der Waals surface area (Å²) in [6.07, 6.45) is 2.11. The number of hydrogen-bond acceptors (Lipinski definition) is 2. The van der Waals surface area contributed by atoms with Gasteiger partial charge in [0.05, 0.1) is 0 Å². The summed E-state index contributed by atoms with van der Waals surface area (Å²) in [6, 6.07) is 8.45. The lowest BCUT2D eigenvalue weighted by atomic mass is 10.1. The molecule has 0 fully saturated rings. The van der Waals surface area contributed by atoms with E-state index in [1.807, 2.05) is 11.8 Å². The van der Waals surface area contributed by atoms with Gasteiger partial charge < -0.3 is 5.73 Å². The molecular formula is C9H13NS. The molecule has 0 saturated carbocycles. The number of rotatable bonds is 3. The van der Waals surface area contributed by atoms with Crippen LogP contribution in [0.3, 0.4) is 0 Å². The van der Waals surface area contributed by atoms with Crippen molar-refractivity contribution < 1.29 is 0 Å². The van der Waals surface area contributed by atoms with Gasteiger partial charge in [-0.3, -0.25) is 0 Å². The zero-order chi connectivity index (χ0) is 8.10. The summed E-state index contributed by atoms with van der Waals surface area (Å²) < 4.78 is 0. The summed E-state index contributed by atoms with van der Waals surface area (Å²) in [5, 5.41) is 0. The van der Waals surface area contributed by atoms with Gasteiger partial charge in [-0.15, -0.1) is 0 Å². The van der Waals surface area contributed by atoms with Gasteiger partial charge in [0, 0.05) is 12.3 Å². The monoisotopic (exact) mass is 167 g/mol. The smallest absolute Gasteiger partial charge is 0.0181 e. The molecule has 1 aromatic carbocycles. The van der Waals surface area contributed by atoms with Gasteiger partial charge in [-0.25, -0.2) is 0 Å². The first kappa shape index (κ1) is 8.62. The zero-order valence-electron chi connectivity index (χ0n) is 6.71. The molecule has 0 radical (unpaired) electrons. The molecule has 60 valence electrons. The lowest BCUT2D eigenvalue weighted by Gasteiger charge is -1.99. The van der Waals surface area contributed by atoms with Crippen molar-refractivity contribution in [1.82, 2.24) is 0 Å². The van der Waals surface area contributed by atoms with Gasteiger partial charge in [-0.05, 0) is 17.4 Å². The van der Waals surface area contributed by atoms with E-state index < -0.39 is 0 Å². The van der Waals surface area contributed by atoms with Crippen molar-refractivity contribution in [3.05, 3.63) is 35.4 Å². The summed E-state index contributed by atoms with van der Waals surface area (Å²) >= 11 is 1.84. The van der Waals surface area contributed by atoms with Crippen molar-refractivity contribution in [2.45, 2.75) is 12.3 Å². The molecule has 2 N–H and O–H groups in total. The van der Waals surface area contributed by atoms with Crippen LogP contribution in [-0.4, -0.2) is 6.26 Å². The fourth-order valence-corrected chi connectivity index (χ4v) is 1.46. The predicted molar refractivity (Wildman–Crippen MR) is 51.6 cm³/mol. The van der Waals surface area contributed by atoms with E-state index >= 15 is 0 Å². The molecule has 0 aliphatic carbocycles. The average molecular weight is 167 g/mol. The van der Waals surface area contributed by atoms with Gasteiger partial charge in [0.25, 0.3) is 0 Å². The third kappa shape index (κ3) is 2.56. The highest BCUT2D eigenvalue weighted by atomic mass is 32.2. The van der Waals surface area contributed by atoms with E-state index in [0.29, 0.717) is 6.54 Å². The van der Waals surface area contributed by atoms with Gasteiger partial charge in [-0.2, -0.15) is 11.8 Å². The normalized spacial score (nSPS) is 10.0. The van der Waals surface area contributed by atoms with Crippen molar-refractivity contribution in [2.24, 2.45) is 5.73 Å². The number of hydrogen-bond donors (Lipinski definition) is 1. The average Bonchev–Trinajstić information content (AvgIpc) is 2.07. The van der Waals surface area contributed by atoms with Crippen molar-refractivity contribution in [2.75, 3.05) is 6.26 Å². The number of benzene rings is 1. The van der Waals surface area contributed by atoms with E-state index in [-0.39, 0.29) is 0 Å². The Morgan fingerprint density at radius 3 is 2.18 bits per heavy atom. The van der Waals surface area contributed by atoms with E-state index in [4.69, 9.17) is 5.73 Å². The van der Waals surface area contributed by atoms with Crippen LogP contribution in [0.5, 0.6) is 0 Å². The van der Waals surface area contributed by atoms with Gasteiger partial charge in [0.15, 0.2) is 0 Å². The van der Waals surface area contributed by atoms with Crippen LogP contribution in [0.2, 0.25) is 0 Å². The Morgan fingerprint density at radius 2 is 1.73 bits per heavy atom. The second-order valence-electron chi connectivity index (χ2n) is 2.45. The lowest BCUT2D eigenvalue weighted by Crippen LogP contribution is -1.95. The van der Waals surface area contributed by atoms with Crippen molar-refractivity contribution in [3.63, 3.8) is 0 Å². The quantitative estimate of drug-likeness (QED) is 0.745. The van der Waals surface area contributed by atoms with Gasteiger partial charge >= 0.3 is 0 Å². The van der Waals surface area contributed by atoms with Gasteiger partial charge in [-0.1, -0.05) is 24.3 Å². The molecule has 0 heterocycles. The topological polar surface area (TPSA) is 26.0 Å². The maximum Gasteiger partial charge on any atom is 0.0181 e. The fraction of sp³-hybridized carbons (Fsp3) is 0.333. The predicted octanol–water partition coefficient (Wildman–Crippen LogP) is 2.01. The number of nitrogens with two attached hydrogens (primary N) is 1. The summed E-state index contributed by atoms with van der Waals surface area (Å²) in [4.78, 5) is 0. The van der Waals surface area contributed by atoms with Crippen LogP contribution in [0, 0.1) is 0 Å². The standard InChI is InChI=1S/C9H13NS/c1-11-7-9-4-2-8(6-10)3-5-9/h2-5H,6-7,10H2,1H3. The maximum atomic E-state index is 5.47. The van der Waals surface area contributed by atoms with Crippen LogP contribution < -0.4 is 5.73 Å². The minimum atomic E-state index is 0.638. The van der Waals surface area contributed by atoms with Crippen LogP contribution >= 0.6 is 11.8 Å². The SMILES string of the molecule is CSCc1ccc(CN)cc1. The van der Waals surface area contributed by atoms with E-state index in [1.54, 1.807) is 0 Å². The molecule has 0 aliphatic heterocycles. The second kappa shape index (κ2) is 4.42. The Bertz CT molecular complexity index is 205.